The van der Waals surface area contributed by atoms with Gasteiger partial charge in [-0.3, -0.25) is 4.79 Å². The lowest BCUT2D eigenvalue weighted by Gasteiger charge is -2.18. The Morgan fingerprint density at radius 3 is 2.60 bits per heavy atom. The van der Waals surface area contributed by atoms with Gasteiger partial charge in [0.1, 0.15) is 5.75 Å². The number of methoxy groups -OCH3 is 1. The molecule has 0 saturated carbocycles. The number of carbonyl (C=O) groups is 1. The first kappa shape index (κ1) is 11.5. The Labute approximate surface area is 88.7 Å². The number of para-hydroxylation sites is 1. The Balaban J connectivity index is 2.99. The van der Waals surface area contributed by atoms with Crippen molar-refractivity contribution in [3.05, 3.63) is 29.8 Å². The van der Waals surface area contributed by atoms with Gasteiger partial charge in [0, 0.05) is 11.6 Å². The number of rotatable bonds is 4. The molecule has 0 fully saturated rings. The van der Waals surface area contributed by atoms with Gasteiger partial charge < -0.3 is 15.6 Å². The Bertz CT molecular complexity index is 351. The van der Waals surface area contributed by atoms with Gasteiger partial charge in [-0.2, -0.15) is 0 Å². The van der Waals surface area contributed by atoms with Crippen LogP contribution in [-0.4, -0.2) is 18.2 Å². The van der Waals surface area contributed by atoms with E-state index in [1.807, 2.05) is 12.1 Å². The molecule has 0 radical (unpaired) electrons. The van der Waals surface area contributed by atoms with Gasteiger partial charge in [-0.05, 0) is 6.07 Å². The Hall–Kier alpha value is -1.55. The fourth-order valence-electron chi connectivity index (χ4n) is 1.36. The molecule has 3 N–H and O–H groups in total. The molecule has 1 rings (SSSR count). The van der Waals surface area contributed by atoms with Crippen molar-refractivity contribution in [3.8, 4) is 5.75 Å². The number of carboxylic acids is 1. The molecule has 0 amide bonds. The van der Waals surface area contributed by atoms with Crippen molar-refractivity contribution in [3.63, 3.8) is 0 Å². The van der Waals surface area contributed by atoms with Gasteiger partial charge in [0.05, 0.1) is 13.0 Å². The summed E-state index contributed by atoms with van der Waals surface area (Å²) in [6.45, 7) is 1.58. The van der Waals surface area contributed by atoms with Crippen LogP contribution in [0.2, 0.25) is 0 Å². The standard InChI is InChI=1S/C11H15NO3/c1-7(11(13)14)10(12)8-5-3-4-6-9(8)15-2/h3-7,10H,12H2,1-2H3,(H,13,14). The number of benzene rings is 1. The predicted molar refractivity (Wildman–Crippen MR) is 56.7 cm³/mol. The van der Waals surface area contributed by atoms with Gasteiger partial charge in [0.2, 0.25) is 0 Å². The van der Waals surface area contributed by atoms with Crippen molar-refractivity contribution in [2.75, 3.05) is 7.11 Å². The molecule has 0 aliphatic heterocycles. The maximum atomic E-state index is 10.8. The summed E-state index contributed by atoms with van der Waals surface area (Å²) in [5.74, 6) is -0.923. The maximum absolute atomic E-state index is 10.8. The lowest BCUT2D eigenvalue weighted by Crippen LogP contribution is -2.26. The molecule has 2 unspecified atom stereocenters. The van der Waals surface area contributed by atoms with Crippen LogP contribution in [0.15, 0.2) is 24.3 Å². The summed E-state index contributed by atoms with van der Waals surface area (Å²) >= 11 is 0. The quantitative estimate of drug-likeness (QED) is 0.786. The smallest absolute Gasteiger partial charge is 0.308 e. The van der Waals surface area contributed by atoms with Crippen LogP contribution in [0, 0.1) is 5.92 Å². The van der Waals surface area contributed by atoms with E-state index in [-0.39, 0.29) is 0 Å². The molecule has 0 aliphatic carbocycles. The Morgan fingerprint density at radius 2 is 2.07 bits per heavy atom. The minimum absolute atomic E-state index is 0.557. The maximum Gasteiger partial charge on any atom is 0.308 e. The summed E-state index contributed by atoms with van der Waals surface area (Å²) in [4.78, 5) is 10.8. The monoisotopic (exact) mass is 209 g/mol. The number of nitrogens with two attached hydrogens (primary N) is 1. The molecule has 82 valence electrons. The SMILES string of the molecule is COc1ccccc1C(N)C(C)C(=O)O. The summed E-state index contributed by atoms with van der Waals surface area (Å²) in [6.07, 6.45) is 0. The zero-order chi connectivity index (χ0) is 11.4. The van der Waals surface area contributed by atoms with Crippen molar-refractivity contribution in [2.45, 2.75) is 13.0 Å². The molecule has 0 heterocycles. The van der Waals surface area contributed by atoms with E-state index in [1.165, 1.54) is 7.11 Å². The molecule has 0 spiro atoms. The highest BCUT2D eigenvalue weighted by atomic mass is 16.5. The van der Waals surface area contributed by atoms with E-state index in [1.54, 1.807) is 19.1 Å². The summed E-state index contributed by atoms with van der Waals surface area (Å²) < 4.78 is 5.12. The summed E-state index contributed by atoms with van der Waals surface area (Å²) in [7, 11) is 1.54. The number of carboxylic acid groups (broad SMARTS) is 1. The lowest BCUT2D eigenvalue weighted by atomic mass is 9.95. The van der Waals surface area contributed by atoms with E-state index in [0.717, 1.165) is 5.56 Å². The lowest BCUT2D eigenvalue weighted by molar-refractivity contribution is -0.141. The molecule has 0 saturated heterocycles. The van der Waals surface area contributed by atoms with E-state index in [4.69, 9.17) is 15.6 Å². The highest BCUT2D eigenvalue weighted by Crippen LogP contribution is 2.27. The van der Waals surface area contributed by atoms with Crippen molar-refractivity contribution in [2.24, 2.45) is 11.7 Å². The van der Waals surface area contributed by atoms with Crippen LogP contribution in [0.3, 0.4) is 0 Å². The van der Waals surface area contributed by atoms with Gasteiger partial charge in [0.25, 0.3) is 0 Å². The van der Waals surface area contributed by atoms with Crippen molar-refractivity contribution < 1.29 is 14.6 Å². The van der Waals surface area contributed by atoms with Crippen LogP contribution < -0.4 is 10.5 Å². The average Bonchev–Trinajstić information content (AvgIpc) is 2.26. The second-order valence-electron chi connectivity index (χ2n) is 3.39. The highest BCUT2D eigenvalue weighted by Gasteiger charge is 2.23. The number of ether oxygens (including phenoxy) is 1. The van der Waals surface area contributed by atoms with E-state index >= 15 is 0 Å². The first-order chi connectivity index (χ1) is 7.07. The van der Waals surface area contributed by atoms with Crippen LogP contribution in [0.1, 0.15) is 18.5 Å². The highest BCUT2D eigenvalue weighted by molar-refractivity contribution is 5.71. The van der Waals surface area contributed by atoms with Gasteiger partial charge in [0.15, 0.2) is 0 Å². The first-order valence-electron chi connectivity index (χ1n) is 4.69. The first-order valence-corrected chi connectivity index (χ1v) is 4.69. The topological polar surface area (TPSA) is 72.5 Å². The fourth-order valence-corrected chi connectivity index (χ4v) is 1.36. The van der Waals surface area contributed by atoms with Gasteiger partial charge >= 0.3 is 5.97 Å². The molecule has 0 bridgehead atoms. The van der Waals surface area contributed by atoms with E-state index in [2.05, 4.69) is 0 Å². The summed E-state index contributed by atoms with van der Waals surface area (Å²) in [5.41, 5.74) is 6.57. The van der Waals surface area contributed by atoms with Gasteiger partial charge in [-0.25, -0.2) is 0 Å². The van der Waals surface area contributed by atoms with Gasteiger partial charge in [-0.1, -0.05) is 25.1 Å². The second-order valence-corrected chi connectivity index (χ2v) is 3.39. The molecule has 1 aromatic carbocycles. The average molecular weight is 209 g/mol. The van der Waals surface area contributed by atoms with Crippen LogP contribution in [0.25, 0.3) is 0 Å². The van der Waals surface area contributed by atoms with Crippen LogP contribution in [0.5, 0.6) is 5.75 Å². The van der Waals surface area contributed by atoms with Crippen LogP contribution in [-0.2, 0) is 4.79 Å². The molecular formula is C11H15NO3. The molecule has 15 heavy (non-hydrogen) atoms. The van der Waals surface area contributed by atoms with Crippen LogP contribution in [0.4, 0.5) is 0 Å². The van der Waals surface area contributed by atoms with Gasteiger partial charge in [-0.15, -0.1) is 0 Å². The van der Waals surface area contributed by atoms with E-state index < -0.39 is 17.9 Å². The van der Waals surface area contributed by atoms with Crippen LogP contribution >= 0.6 is 0 Å². The third kappa shape index (κ3) is 2.47. The molecular weight excluding hydrogens is 194 g/mol. The van der Waals surface area contributed by atoms with Crippen molar-refractivity contribution in [1.29, 1.82) is 0 Å². The second kappa shape index (κ2) is 4.79. The van der Waals surface area contributed by atoms with Crippen molar-refractivity contribution >= 4 is 5.97 Å². The van der Waals surface area contributed by atoms with Crippen molar-refractivity contribution in [1.82, 2.24) is 0 Å². The number of hydrogen-bond acceptors (Lipinski definition) is 3. The Kier molecular flexibility index (Phi) is 3.68. The predicted octanol–water partition coefficient (Wildman–Crippen LogP) is 1.42. The molecule has 4 heteroatoms. The molecule has 0 aromatic heterocycles. The zero-order valence-corrected chi connectivity index (χ0v) is 8.81. The largest absolute Gasteiger partial charge is 0.496 e. The van der Waals surface area contributed by atoms with E-state index in [0.29, 0.717) is 5.75 Å². The molecule has 1 aromatic rings. The zero-order valence-electron chi connectivity index (χ0n) is 8.81. The number of aliphatic carboxylic acids is 1. The third-order valence-electron chi connectivity index (χ3n) is 2.43. The summed E-state index contributed by atoms with van der Waals surface area (Å²) in [6, 6.07) is 6.62. The summed E-state index contributed by atoms with van der Waals surface area (Å²) in [5, 5.41) is 8.86. The van der Waals surface area contributed by atoms with E-state index in [9.17, 15) is 4.79 Å². The fraction of sp³-hybridized carbons (Fsp3) is 0.364. The molecule has 0 aliphatic rings. The minimum atomic E-state index is -0.909. The number of hydrogen-bond donors (Lipinski definition) is 2. The molecule has 4 nitrogen and oxygen atoms in total. The normalized spacial score (nSPS) is 14.3. The minimum Gasteiger partial charge on any atom is -0.496 e. The third-order valence-corrected chi connectivity index (χ3v) is 2.43. The Morgan fingerprint density at radius 1 is 1.47 bits per heavy atom. The molecule has 2 atom stereocenters.